The van der Waals surface area contributed by atoms with Crippen molar-refractivity contribution in [3.8, 4) is 0 Å². The second-order valence-electron chi connectivity index (χ2n) is 8.27. The highest BCUT2D eigenvalue weighted by atomic mass is 32.2. The molecule has 0 amide bonds. The highest BCUT2D eigenvalue weighted by molar-refractivity contribution is 7.86. The van der Waals surface area contributed by atoms with Crippen LogP contribution in [0.5, 0.6) is 0 Å². The predicted molar refractivity (Wildman–Crippen MR) is 146 cm³/mol. The first-order chi connectivity index (χ1) is 19.5. The van der Waals surface area contributed by atoms with E-state index in [0.717, 1.165) is 5.56 Å². The molecule has 2 aromatic carbocycles. The maximum absolute atomic E-state index is 12.0. The van der Waals surface area contributed by atoms with Crippen LogP contribution in [0.15, 0.2) is 59.5 Å². The minimum atomic E-state index is -3.77. The smallest absolute Gasteiger partial charge is 0.338 e. The molecule has 0 aromatic heterocycles. The molecule has 12 heteroatoms. The Hall–Kier alpha value is -2.42. The summed E-state index contributed by atoms with van der Waals surface area (Å²) in [5, 5.41) is 0. The molecule has 0 radical (unpaired) electrons. The average molecular weight is 585 g/mol. The third kappa shape index (κ3) is 16.0. The second kappa shape index (κ2) is 21.3. The van der Waals surface area contributed by atoms with Gasteiger partial charge in [-0.05, 0) is 31.2 Å². The zero-order valence-corrected chi connectivity index (χ0v) is 23.8. The van der Waals surface area contributed by atoms with Crippen molar-refractivity contribution in [2.24, 2.45) is 0 Å². The zero-order valence-electron chi connectivity index (χ0n) is 23.0. The Morgan fingerprint density at radius 3 is 1.40 bits per heavy atom. The number of carbonyl (C=O) groups excluding carboxylic acids is 1. The van der Waals surface area contributed by atoms with Crippen LogP contribution in [0, 0.1) is 6.92 Å². The van der Waals surface area contributed by atoms with E-state index in [4.69, 9.17) is 37.3 Å². The predicted octanol–water partition coefficient (Wildman–Crippen LogP) is 2.66. The molecule has 0 aliphatic rings. The van der Waals surface area contributed by atoms with Crippen molar-refractivity contribution in [3.05, 3.63) is 65.7 Å². The summed E-state index contributed by atoms with van der Waals surface area (Å²) in [4.78, 5) is 11.9. The highest BCUT2D eigenvalue weighted by Crippen LogP contribution is 2.12. The lowest BCUT2D eigenvalue weighted by Gasteiger charge is -2.09. The fourth-order valence-corrected chi connectivity index (χ4v) is 3.92. The summed E-state index contributed by atoms with van der Waals surface area (Å²) in [6.07, 6.45) is 0. The van der Waals surface area contributed by atoms with E-state index in [0.29, 0.717) is 78.2 Å². The van der Waals surface area contributed by atoms with Gasteiger partial charge in [-0.15, -0.1) is 0 Å². The quantitative estimate of drug-likeness (QED) is 0.103. The number of ether oxygens (including phenoxy) is 7. The van der Waals surface area contributed by atoms with E-state index in [-0.39, 0.29) is 30.7 Å². The zero-order chi connectivity index (χ0) is 28.7. The van der Waals surface area contributed by atoms with Crippen LogP contribution in [0.4, 0.5) is 0 Å². The molecule has 40 heavy (non-hydrogen) atoms. The van der Waals surface area contributed by atoms with E-state index in [1.54, 1.807) is 36.4 Å². The molecular formula is C28H40O11S. The topological polar surface area (TPSA) is 125 Å². The van der Waals surface area contributed by atoms with Crippen LogP contribution in [0.1, 0.15) is 15.9 Å². The Kier molecular flexibility index (Phi) is 18.0. The van der Waals surface area contributed by atoms with E-state index < -0.39 is 10.1 Å². The Morgan fingerprint density at radius 2 is 0.950 bits per heavy atom. The summed E-state index contributed by atoms with van der Waals surface area (Å²) >= 11 is 0. The van der Waals surface area contributed by atoms with Gasteiger partial charge in [0.25, 0.3) is 10.1 Å². The van der Waals surface area contributed by atoms with Gasteiger partial charge in [0, 0.05) is 0 Å². The van der Waals surface area contributed by atoms with Crippen LogP contribution in [0.2, 0.25) is 0 Å². The van der Waals surface area contributed by atoms with Crippen LogP contribution in [-0.4, -0.2) is 107 Å². The number of rotatable bonds is 24. The number of carbonyl (C=O) groups is 1. The third-order valence-electron chi connectivity index (χ3n) is 5.11. The van der Waals surface area contributed by atoms with Crippen LogP contribution >= 0.6 is 0 Å². The first kappa shape index (κ1) is 33.8. The van der Waals surface area contributed by atoms with Crippen molar-refractivity contribution in [2.75, 3.05) is 92.5 Å². The van der Waals surface area contributed by atoms with Crippen molar-refractivity contribution in [1.29, 1.82) is 0 Å². The SMILES string of the molecule is Cc1ccc(S(=O)(=O)OCCOCCOCCOCCOCCOCCOCCOC(=O)c2ccccc2)cc1. The summed E-state index contributed by atoms with van der Waals surface area (Å²) in [6, 6.07) is 15.3. The minimum Gasteiger partial charge on any atom is -0.460 e. The Balaban J connectivity index is 1.25. The third-order valence-corrected chi connectivity index (χ3v) is 6.43. The lowest BCUT2D eigenvalue weighted by atomic mass is 10.2. The molecule has 11 nitrogen and oxygen atoms in total. The molecule has 0 N–H and O–H groups in total. The first-order valence-corrected chi connectivity index (χ1v) is 14.5. The number of aryl methyl sites for hydroxylation is 1. The van der Waals surface area contributed by atoms with Gasteiger partial charge in [-0.1, -0.05) is 35.9 Å². The van der Waals surface area contributed by atoms with Crippen LogP contribution < -0.4 is 0 Å². The maximum Gasteiger partial charge on any atom is 0.338 e. The van der Waals surface area contributed by atoms with Gasteiger partial charge in [0.2, 0.25) is 0 Å². The summed E-state index contributed by atoms with van der Waals surface area (Å²) in [6.45, 7) is 6.59. The van der Waals surface area contributed by atoms with Gasteiger partial charge >= 0.3 is 5.97 Å². The minimum absolute atomic E-state index is 0.0632. The molecule has 0 atom stereocenters. The Morgan fingerprint density at radius 1 is 0.550 bits per heavy atom. The molecular weight excluding hydrogens is 544 g/mol. The van der Waals surface area contributed by atoms with Crippen LogP contribution in [-0.2, 0) is 47.5 Å². The number of hydrogen-bond donors (Lipinski definition) is 0. The molecule has 0 saturated heterocycles. The Bertz CT molecular complexity index is 1010. The summed E-state index contributed by atoms with van der Waals surface area (Å²) in [5.41, 5.74) is 1.49. The molecule has 2 rings (SSSR count). The fraction of sp³-hybridized carbons (Fsp3) is 0.536. The van der Waals surface area contributed by atoms with E-state index in [1.165, 1.54) is 12.1 Å². The second-order valence-corrected chi connectivity index (χ2v) is 9.88. The van der Waals surface area contributed by atoms with Gasteiger partial charge in [0.15, 0.2) is 0 Å². The molecule has 0 unspecified atom stereocenters. The molecule has 2 aromatic rings. The van der Waals surface area contributed by atoms with Gasteiger partial charge in [0.05, 0.1) is 96.3 Å². The van der Waals surface area contributed by atoms with E-state index in [9.17, 15) is 13.2 Å². The molecule has 0 saturated carbocycles. The van der Waals surface area contributed by atoms with E-state index in [2.05, 4.69) is 0 Å². The van der Waals surface area contributed by atoms with E-state index >= 15 is 0 Å². The van der Waals surface area contributed by atoms with Crippen molar-refractivity contribution in [1.82, 2.24) is 0 Å². The molecule has 0 aliphatic carbocycles. The van der Waals surface area contributed by atoms with E-state index in [1.807, 2.05) is 13.0 Å². The number of benzene rings is 2. The number of hydrogen-bond acceptors (Lipinski definition) is 11. The van der Waals surface area contributed by atoms with Gasteiger partial charge in [-0.3, -0.25) is 4.18 Å². The molecule has 0 spiro atoms. The van der Waals surface area contributed by atoms with Crippen molar-refractivity contribution in [3.63, 3.8) is 0 Å². The molecule has 224 valence electrons. The van der Waals surface area contributed by atoms with Gasteiger partial charge < -0.3 is 33.2 Å². The van der Waals surface area contributed by atoms with Crippen LogP contribution in [0.3, 0.4) is 0 Å². The maximum atomic E-state index is 12.0. The normalized spacial score (nSPS) is 11.5. The van der Waals surface area contributed by atoms with Crippen molar-refractivity contribution >= 4 is 16.1 Å². The van der Waals surface area contributed by atoms with Gasteiger partial charge in [0.1, 0.15) is 6.61 Å². The fourth-order valence-electron chi connectivity index (χ4n) is 3.03. The largest absolute Gasteiger partial charge is 0.460 e. The summed E-state index contributed by atoms with van der Waals surface area (Å²) < 4.78 is 66.5. The monoisotopic (exact) mass is 584 g/mol. The average Bonchev–Trinajstić information content (AvgIpc) is 2.96. The van der Waals surface area contributed by atoms with Crippen molar-refractivity contribution < 1.29 is 50.6 Å². The Labute approximate surface area is 236 Å². The number of esters is 1. The molecule has 0 fully saturated rings. The lowest BCUT2D eigenvalue weighted by molar-refractivity contribution is -0.0201. The standard InChI is InChI=1S/C28H40O11S/c1-25-7-9-27(10-8-25)40(30,31)39-24-22-37-20-18-35-16-14-33-12-11-32-13-15-34-17-19-36-21-23-38-28(29)26-5-3-2-4-6-26/h2-10H,11-24H2,1H3. The molecule has 0 bridgehead atoms. The van der Waals surface area contributed by atoms with Gasteiger partial charge in [-0.25, -0.2) is 4.79 Å². The summed E-state index contributed by atoms with van der Waals surface area (Å²) in [7, 11) is -3.77. The lowest BCUT2D eigenvalue weighted by Crippen LogP contribution is -2.15. The molecule has 0 aliphatic heterocycles. The molecule has 0 heterocycles. The summed E-state index contributed by atoms with van der Waals surface area (Å²) in [5.74, 6) is -0.367. The van der Waals surface area contributed by atoms with Gasteiger partial charge in [-0.2, -0.15) is 8.42 Å². The first-order valence-electron chi connectivity index (χ1n) is 13.1. The highest BCUT2D eigenvalue weighted by Gasteiger charge is 2.14. The van der Waals surface area contributed by atoms with Crippen molar-refractivity contribution in [2.45, 2.75) is 11.8 Å². The van der Waals surface area contributed by atoms with Crippen LogP contribution in [0.25, 0.3) is 0 Å².